The van der Waals surface area contributed by atoms with Crippen LogP contribution in [0.5, 0.6) is 0 Å². The summed E-state index contributed by atoms with van der Waals surface area (Å²) in [6.07, 6.45) is -3.54. The molecule has 23 heavy (non-hydrogen) atoms. The topological polar surface area (TPSA) is 52.6 Å². The van der Waals surface area contributed by atoms with Gasteiger partial charge in [-0.2, -0.15) is 13.2 Å². The molecule has 1 heterocycles. The number of hydrogen-bond donors (Lipinski definition) is 2. The number of urea groups is 1. The van der Waals surface area contributed by atoms with Crippen LogP contribution in [-0.2, 0) is 12.6 Å². The second kappa shape index (κ2) is 7.21. The SMILES string of the molecule is C[C@@H](Cc1ccccc1C(F)(F)F)NC(=O)N1CC[C@@H](CO)C1. The van der Waals surface area contributed by atoms with Crippen molar-refractivity contribution in [2.45, 2.75) is 32.0 Å². The molecular formula is C16H21F3N2O2. The van der Waals surface area contributed by atoms with Gasteiger partial charge in [-0.1, -0.05) is 18.2 Å². The van der Waals surface area contributed by atoms with Gasteiger partial charge in [0.25, 0.3) is 0 Å². The Hall–Kier alpha value is -1.76. The highest BCUT2D eigenvalue weighted by atomic mass is 19.4. The summed E-state index contributed by atoms with van der Waals surface area (Å²) in [4.78, 5) is 13.7. The van der Waals surface area contributed by atoms with Crippen LogP contribution < -0.4 is 5.32 Å². The number of halogens is 3. The first-order chi connectivity index (χ1) is 10.8. The lowest BCUT2D eigenvalue weighted by Crippen LogP contribution is -2.43. The maximum Gasteiger partial charge on any atom is 0.416 e. The Morgan fingerprint density at radius 3 is 2.74 bits per heavy atom. The quantitative estimate of drug-likeness (QED) is 0.892. The van der Waals surface area contributed by atoms with Gasteiger partial charge < -0.3 is 15.3 Å². The monoisotopic (exact) mass is 330 g/mol. The maximum atomic E-state index is 13.0. The maximum absolute atomic E-state index is 13.0. The Balaban J connectivity index is 1.95. The molecule has 0 unspecified atom stereocenters. The standard InChI is InChI=1S/C16H21F3N2O2/c1-11(20-15(23)21-7-6-12(9-21)10-22)8-13-4-2-3-5-14(13)16(17,18)19/h2-5,11-12,22H,6-10H2,1H3,(H,20,23)/t11-,12+/m0/s1. The van der Waals surface area contributed by atoms with E-state index in [1.807, 2.05) is 0 Å². The second-order valence-electron chi connectivity index (χ2n) is 5.99. The van der Waals surface area contributed by atoms with Crippen molar-refractivity contribution >= 4 is 6.03 Å². The Bertz CT molecular complexity index is 548. The van der Waals surface area contributed by atoms with Gasteiger partial charge in [-0.25, -0.2) is 4.79 Å². The van der Waals surface area contributed by atoms with Crippen LogP contribution in [0.3, 0.4) is 0 Å². The molecule has 2 N–H and O–H groups in total. The molecule has 1 aromatic rings. The average molecular weight is 330 g/mol. The van der Waals surface area contributed by atoms with Gasteiger partial charge in [0.2, 0.25) is 0 Å². The lowest BCUT2D eigenvalue weighted by molar-refractivity contribution is -0.138. The number of rotatable bonds is 4. The third kappa shape index (κ3) is 4.60. The minimum absolute atomic E-state index is 0.0400. The van der Waals surface area contributed by atoms with Crippen molar-refractivity contribution in [2.24, 2.45) is 5.92 Å². The molecule has 1 fully saturated rings. The van der Waals surface area contributed by atoms with Gasteiger partial charge in [0.15, 0.2) is 0 Å². The number of likely N-dealkylation sites (tertiary alicyclic amines) is 1. The predicted octanol–water partition coefficient (Wildman–Crippen LogP) is 2.66. The second-order valence-corrected chi connectivity index (χ2v) is 5.99. The first-order valence-corrected chi connectivity index (χ1v) is 7.62. The molecule has 0 saturated carbocycles. The fourth-order valence-electron chi connectivity index (χ4n) is 2.82. The van der Waals surface area contributed by atoms with Crippen LogP contribution in [0.1, 0.15) is 24.5 Å². The third-order valence-corrected chi connectivity index (χ3v) is 4.05. The van der Waals surface area contributed by atoms with E-state index in [1.165, 1.54) is 12.1 Å². The van der Waals surface area contributed by atoms with Crippen LogP contribution in [0.25, 0.3) is 0 Å². The van der Waals surface area contributed by atoms with Gasteiger partial charge in [-0.05, 0) is 31.4 Å². The Morgan fingerprint density at radius 1 is 1.43 bits per heavy atom. The van der Waals surface area contributed by atoms with E-state index < -0.39 is 17.8 Å². The lowest BCUT2D eigenvalue weighted by Gasteiger charge is -2.22. The molecule has 128 valence electrons. The van der Waals surface area contributed by atoms with Crippen LogP contribution >= 0.6 is 0 Å². The molecule has 1 aromatic carbocycles. The molecule has 0 aliphatic carbocycles. The normalized spacial score (nSPS) is 19.7. The fourth-order valence-corrected chi connectivity index (χ4v) is 2.82. The minimum atomic E-state index is -4.40. The summed E-state index contributed by atoms with van der Waals surface area (Å²) in [5.41, 5.74) is -0.495. The molecule has 2 rings (SSSR count). The smallest absolute Gasteiger partial charge is 0.396 e. The molecule has 0 radical (unpaired) electrons. The number of hydrogen-bond acceptors (Lipinski definition) is 2. The minimum Gasteiger partial charge on any atom is -0.396 e. The molecule has 4 nitrogen and oxygen atoms in total. The molecule has 0 bridgehead atoms. The van der Waals surface area contributed by atoms with E-state index in [1.54, 1.807) is 17.9 Å². The molecule has 7 heteroatoms. The van der Waals surface area contributed by atoms with Gasteiger partial charge in [0.1, 0.15) is 0 Å². The summed E-state index contributed by atoms with van der Waals surface area (Å²) < 4.78 is 38.9. The first kappa shape index (κ1) is 17.6. The summed E-state index contributed by atoms with van der Waals surface area (Å²) >= 11 is 0. The summed E-state index contributed by atoms with van der Waals surface area (Å²) in [5, 5.41) is 11.8. The highest BCUT2D eigenvalue weighted by Crippen LogP contribution is 2.32. The van der Waals surface area contributed by atoms with Gasteiger partial charge >= 0.3 is 12.2 Å². The number of carbonyl (C=O) groups excluding carboxylic acids is 1. The van der Waals surface area contributed by atoms with Crippen molar-refractivity contribution in [3.8, 4) is 0 Å². The summed E-state index contributed by atoms with van der Waals surface area (Å²) in [7, 11) is 0. The van der Waals surface area contributed by atoms with E-state index in [4.69, 9.17) is 5.11 Å². The molecule has 1 aliphatic heterocycles. The van der Waals surface area contributed by atoms with E-state index >= 15 is 0 Å². The van der Waals surface area contributed by atoms with E-state index in [2.05, 4.69) is 5.32 Å². The van der Waals surface area contributed by atoms with Crippen LogP contribution in [0.4, 0.5) is 18.0 Å². The highest BCUT2D eigenvalue weighted by Gasteiger charge is 2.33. The van der Waals surface area contributed by atoms with Crippen molar-refractivity contribution in [3.63, 3.8) is 0 Å². The summed E-state index contributed by atoms with van der Waals surface area (Å²) in [6.45, 7) is 2.76. The van der Waals surface area contributed by atoms with Crippen molar-refractivity contribution < 1.29 is 23.1 Å². The van der Waals surface area contributed by atoms with Crippen molar-refractivity contribution in [1.29, 1.82) is 0 Å². The third-order valence-electron chi connectivity index (χ3n) is 4.05. The van der Waals surface area contributed by atoms with E-state index in [0.717, 1.165) is 12.5 Å². The Labute approximate surface area is 133 Å². The van der Waals surface area contributed by atoms with E-state index in [9.17, 15) is 18.0 Å². The van der Waals surface area contributed by atoms with Gasteiger partial charge in [-0.15, -0.1) is 0 Å². The Kier molecular flexibility index (Phi) is 5.51. The molecule has 1 aliphatic rings. The summed E-state index contributed by atoms with van der Waals surface area (Å²) in [5.74, 6) is 0.0852. The van der Waals surface area contributed by atoms with Crippen LogP contribution in [0.15, 0.2) is 24.3 Å². The van der Waals surface area contributed by atoms with Crippen molar-refractivity contribution in [3.05, 3.63) is 35.4 Å². The summed E-state index contributed by atoms with van der Waals surface area (Å²) in [6, 6.07) is 4.69. The largest absolute Gasteiger partial charge is 0.416 e. The number of alkyl halides is 3. The molecular weight excluding hydrogens is 309 g/mol. The number of carbonyl (C=O) groups is 1. The van der Waals surface area contributed by atoms with E-state index in [-0.39, 0.29) is 30.5 Å². The van der Waals surface area contributed by atoms with Crippen LogP contribution in [0, 0.1) is 5.92 Å². The zero-order chi connectivity index (χ0) is 17.0. The predicted molar refractivity (Wildman–Crippen MR) is 79.9 cm³/mol. The fraction of sp³-hybridized carbons (Fsp3) is 0.562. The number of aliphatic hydroxyl groups is 1. The van der Waals surface area contributed by atoms with Crippen LogP contribution in [-0.4, -0.2) is 41.8 Å². The van der Waals surface area contributed by atoms with Gasteiger partial charge in [0.05, 0.1) is 5.56 Å². The molecule has 2 atom stereocenters. The first-order valence-electron chi connectivity index (χ1n) is 7.62. The van der Waals surface area contributed by atoms with E-state index in [0.29, 0.717) is 13.1 Å². The number of amides is 2. The van der Waals surface area contributed by atoms with Crippen molar-refractivity contribution in [2.75, 3.05) is 19.7 Å². The lowest BCUT2D eigenvalue weighted by atomic mass is 10.0. The average Bonchev–Trinajstić information content (AvgIpc) is 2.95. The number of nitrogens with one attached hydrogen (secondary N) is 1. The highest BCUT2D eigenvalue weighted by molar-refractivity contribution is 5.74. The van der Waals surface area contributed by atoms with Gasteiger partial charge in [-0.3, -0.25) is 0 Å². The van der Waals surface area contributed by atoms with Gasteiger partial charge in [0, 0.05) is 31.7 Å². The Morgan fingerprint density at radius 2 is 2.13 bits per heavy atom. The number of nitrogens with zero attached hydrogens (tertiary/aromatic N) is 1. The van der Waals surface area contributed by atoms with Crippen molar-refractivity contribution in [1.82, 2.24) is 10.2 Å². The zero-order valence-electron chi connectivity index (χ0n) is 12.9. The van der Waals surface area contributed by atoms with Crippen LogP contribution in [0.2, 0.25) is 0 Å². The molecule has 2 amide bonds. The molecule has 1 saturated heterocycles. The molecule has 0 aromatic heterocycles. The number of benzene rings is 1. The number of aliphatic hydroxyl groups excluding tert-OH is 1. The zero-order valence-corrected chi connectivity index (χ0v) is 12.9. The molecule has 0 spiro atoms.